The van der Waals surface area contributed by atoms with Gasteiger partial charge in [-0.25, -0.2) is 0 Å². The molecular formula is C23H18S2. The van der Waals surface area contributed by atoms with Crippen molar-refractivity contribution in [2.45, 2.75) is 20.3 Å². The maximum Gasteiger partial charge on any atom is 0.0381 e. The van der Waals surface area contributed by atoms with E-state index in [1.54, 1.807) is 0 Å². The minimum Gasteiger partial charge on any atom is -0.144 e. The van der Waals surface area contributed by atoms with Gasteiger partial charge in [0.25, 0.3) is 0 Å². The van der Waals surface area contributed by atoms with Crippen molar-refractivity contribution < 1.29 is 0 Å². The van der Waals surface area contributed by atoms with E-state index < -0.39 is 0 Å². The van der Waals surface area contributed by atoms with Crippen molar-refractivity contribution in [1.82, 2.24) is 0 Å². The lowest BCUT2D eigenvalue weighted by Gasteiger charge is -2.15. The maximum absolute atomic E-state index is 2.34. The van der Waals surface area contributed by atoms with Gasteiger partial charge in [-0.2, -0.15) is 0 Å². The van der Waals surface area contributed by atoms with E-state index in [1.807, 2.05) is 22.7 Å². The number of aryl methyl sites for hydroxylation is 2. The van der Waals surface area contributed by atoms with Crippen molar-refractivity contribution in [2.75, 3.05) is 0 Å². The fourth-order valence-corrected chi connectivity index (χ4v) is 5.91. The summed E-state index contributed by atoms with van der Waals surface area (Å²) in [6.07, 6.45) is 1.04. The molecule has 0 fully saturated rings. The molecule has 0 bridgehead atoms. The minimum atomic E-state index is 1.04. The third kappa shape index (κ3) is 2.25. The molecule has 2 heterocycles. The molecule has 0 saturated carbocycles. The van der Waals surface area contributed by atoms with E-state index in [1.165, 1.54) is 54.3 Å². The second-order valence-corrected chi connectivity index (χ2v) is 8.55. The predicted molar refractivity (Wildman–Crippen MR) is 111 cm³/mol. The monoisotopic (exact) mass is 358 g/mol. The van der Waals surface area contributed by atoms with Crippen LogP contribution in [0.25, 0.3) is 32.0 Å². The zero-order chi connectivity index (χ0) is 17.0. The maximum atomic E-state index is 2.34. The number of hydrogen-bond donors (Lipinski definition) is 0. The molecule has 25 heavy (non-hydrogen) atoms. The Hall–Kier alpha value is -2.16. The molecule has 0 aliphatic heterocycles. The van der Waals surface area contributed by atoms with Crippen molar-refractivity contribution in [2.24, 2.45) is 0 Å². The van der Waals surface area contributed by atoms with E-state index in [9.17, 15) is 0 Å². The summed E-state index contributed by atoms with van der Waals surface area (Å²) in [5.74, 6) is 0. The van der Waals surface area contributed by atoms with Crippen LogP contribution in [0.3, 0.4) is 0 Å². The highest BCUT2D eigenvalue weighted by atomic mass is 32.1. The quantitative estimate of drug-likeness (QED) is 0.310. The highest BCUT2D eigenvalue weighted by Crippen LogP contribution is 2.49. The molecule has 4 aromatic rings. The fraction of sp³-hybridized carbons (Fsp3) is 0.130. The molecule has 0 atom stereocenters. The number of thiophene rings is 2. The van der Waals surface area contributed by atoms with Crippen LogP contribution in [0.2, 0.25) is 0 Å². The van der Waals surface area contributed by atoms with E-state index in [4.69, 9.17) is 0 Å². The minimum absolute atomic E-state index is 1.04. The van der Waals surface area contributed by atoms with Crippen LogP contribution in [0, 0.1) is 13.8 Å². The summed E-state index contributed by atoms with van der Waals surface area (Å²) in [7, 11) is 0. The molecule has 0 nitrogen and oxygen atoms in total. The van der Waals surface area contributed by atoms with E-state index in [-0.39, 0.29) is 0 Å². The van der Waals surface area contributed by atoms with Crippen LogP contribution >= 0.6 is 22.7 Å². The Bertz CT molecular complexity index is 1090. The van der Waals surface area contributed by atoms with Gasteiger partial charge in [0.2, 0.25) is 0 Å². The van der Waals surface area contributed by atoms with Gasteiger partial charge in [-0.1, -0.05) is 36.4 Å². The van der Waals surface area contributed by atoms with Crippen LogP contribution in [-0.4, -0.2) is 0 Å². The molecule has 0 amide bonds. The van der Waals surface area contributed by atoms with Crippen molar-refractivity contribution in [3.8, 4) is 32.0 Å². The molecule has 0 spiro atoms. The highest BCUT2D eigenvalue weighted by Gasteiger charge is 2.25. The molecule has 1 aliphatic rings. The van der Waals surface area contributed by atoms with Gasteiger partial charge in [0.05, 0.1) is 0 Å². The van der Waals surface area contributed by atoms with Crippen molar-refractivity contribution >= 4 is 22.7 Å². The van der Waals surface area contributed by atoms with Gasteiger partial charge >= 0.3 is 0 Å². The summed E-state index contributed by atoms with van der Waals surface area (Å²) in [4.78, 5) is 2.83. The Labute approximate surface area is 156 Å². The normalized spacial score (nSPS) is 12.2. The first-order chi connectivity index (χ1) is 12.2. The molecule has 2 aromatic carbocycles. The van der Waals surface area contributed by atoms with Gasteiger partial charge in [0.1, 0.15) is 0 Å². The number of fused-ring (bicyclic) bond motifs is 3. The van der Waals surface area contributed by atoms with Gasteiger partial charge < -0.3 is 0 Å². The van der Waals surface area contributed by atoms with Crippen LogP contribution in [0.15, 0.2) is 59.3 Å². The van der Waals surface area contributed by atoms with Crippen LogP contribution in [0.5, 0.6) is 0 Å². The number of benzene rings is 2. The molecular weight excluding hydrogens is 340 g/mol. The molecule has 1 aliphatic carbocycles. The Morgan fingerprint density at radius 2 is 1.36 bits per heavy atom. The van der Waals surface area contributed by atoms with Gasteiger partial charge in [0, 0.05) is 20.9 Å². The summed E-state index contributed by atoms with van der Waals surface area (Å²) in [5.41, 5.74) is 11.4. The van der Waals surface area contributed by atoms with E-state index in [0.29, 0.717) is 0 Å². The molecule has 5 rings (SSSR count). The Kier molecular flexibility index (Phi) is 3.44. The summed E-state index contributed by atoms with van der Waals surface area (Å²) in [6.45, 7) is 4.46. The molecule has 2 heteroatoms. The fourth-order valence-electron chi connectivity index (χ4n) is 3.94. The van der Waals surface area contributed by atoms with Gasteiger partial charge in [-0.15, -0.1) is 22.7 Å². The summed E-state index contributed by atoms with van der Waals surface area (Å²) in [6, 6.07) is 18.0. The summed E-state index contributed by atoms with van der Waals surface area (Å²) >= 11 is 3.72. The third-order valence-corrected chi connectivity index (χ3v) is 7.27. The molecule has 122 valence electrons. The largest absolute Gasteiger partial charge is 0.144 e. The van der Waals surface area contributed by atoms with Gasteiger partial charge in [0.15, 0.2) is 0 Å². The van der Waals surface area contributed by atoms with Crippen molar-refractivity contribution in [3.63, 3.8) is 0 Å². The average Bonchev–Trinajstić information content (AvgIpc) is 3.32. The SMILES string of the molecule is Cc1ccsc1-c1ccc2c(c1-c1sccc1C)Cc1ccccc1-2. The van der Waals surface area contributed by atoms with Crippen LogP contribution in [0.4, 0.5) is 0 Å². The zero-order valence-corrected chi connectivity index (χ0v) is 15.9. The average molecular weight is 359 g/mol. The van der Waals surface area contributed by atoms with Crippen LogP contribution in [-0.2, 0) is 6.42 Å². The van der Waals surface area contributed by atoms with Gasteiger partial charge in [-0.3, -0.25) is 0 Å². The van der Waals surface area contributed by atoms with E-state index in [0.717, 1.165) is 6.42 Å². The predicted octanol–water partition coefficient (Wildman–Crippen LogP) is 7.33. The lowest BCUT2D eigenvalue weighted by molar-refractivity contribution is 1.26. The number of rotatable bonds is 2. The second kappa shape index (κ2) is 5.69. The van der Waals surface area contributed by atoms with Crippen LogP contribution in [0.1, 0.15) is 22.3 Å². The van der Waals surface area contributed by atoms with Gasteiger partial charge in [-0.05, 0) is 76.5 Å². The Morgan fingerprint density at radius 1 is 0.680 bits per heavy atom. The first kappa shape index (κ1) is 15.1. The standard InChI is InChI=1S/C23H18S2/c1-14-9-11-24-22(14)19-8-7-18-17-6-4-3-5-16(17)13-20(18)21(19)23-15(2)10-12-25-23/h3-12H,13H2,1-2H3. The lowest BCUT2D eigenvalue weighted by Crippen LogP contribution is -1.92. The molecule has 0 saturated heterocycles. The molecule has 0 N–H and O–H groups in total. The summed E-state index contributed by atoms with van der Waals surface area (Å²) in [5, 5.41) is 4.43. The number of hydrogen-bond acceptors (Lipinski definition) is 2. The first-order valence-electron chi connectivity index (χ1n) is 8.57. The smallest absolute Gasteiger partial charge is 0.0381 e. The Morgan fingerprint density at radius 3 is 2.08 bits per heavy atom. The van der Waals surface area contributed by atoms with Crippen molar-refractivity contribution in [1.29, 1.82) is 0 Å². The van der Waals surface area contributed by atoms with Crippen LogP contribution < -0.4 is 0 Å². The topological polar surface area (TPSA) is 0 Å². The zero-order valence-electron chi connectivity index (χ0n) is 14.3. The highest BCUT2D eigenvalue weighted by molar-refractivity contribution is 7.14. The first-order valence-corrected chi connectivity index (χ1v) is 10.3. The summed E-state index contributed by atoms with van der Waals surface area (Å²) < 4.78 is 0. The third-order valence-electron chi connectivity index (χ3n) is 5.18. The molecule has 0 unspecified atom stereocenters. The molecule has 0 radical (unpaired) electrons. The Balaban J connectivity index is 1.85. The van der Waals surface area contributed by atoms with Crippen molar-refractivity contribution in [3.05, 3.63) is 81.5 Å². The van der Waals surface area contributed by atoms with E-state index >= 15 is 0 Å². The second-order valence-electron chi connectivity index (χ2n) is 6.71. The lowest BCUT2D eigenvalue weighted by atomic mass is 9.92. The van der Waals surface area contributed by atoms with E-state index in [2.05, 4.69) is 73.1 Å². The molecule has 2 aromatic heterocycles.